The molecule has 1 amide bonds. The lowest BCUT2D eigenvalue weighted by atomic mass is 10.0. The molecule has 0 aromatic heterocycles. The lowest BCUT2D eigenvalue weighted by molar-refractivity contribution is 0.102. The molecule has 0 saturated heterocycles. The maximum Gasteiger partial charge on any atom is 0.255 e. The molecule has 0 fully saturated rings. The first-order valence-corrected chi connectivity index (χ1v) is 11.1. The second kappa shape index (κ2) is 9.19. The van der Waals surface area contributed by atoms with Crippen LogP contribution in [0.25, 0.3) is 11.1 Å². The van der Waals surface area contributed by atoms with Gasteiger partial charge in [0.05, 0.1) is 0 Å². The Morgan fingerprint density at radius 1 is 0.933 bits per heavy atom. The molecule has 0 aliphatic heterocycles. The molecule has 0 unspecified atom stereocenters. The van der Waals surface area contributed by atoms with E-state index in [0.717, 1.165) is 27.6 Å². The van der Waals surface area contributed by atoms with Gasteiger partial charge >= 0.3 is 0 Å². The van der Waals surface area contributed by atoms with Crippen LogP contribution in [0.5, 0.6) is 0 Å². The zero-order valence-electron chi connectivity index (χ0n) is 16.8. The molecule has 3 aromatic rings. The van der Waals surface area contributed by atoms with Crippen LogP contribution in [0.4, 0.5) is 10.1 Å². The van der Waals surface area contributed by atoms with E-state index in [4.69, 9.17) is 0 Å². The predicted octanol–water partition coefficient (Wildman–Crippen LogP) is 4.78. The number of nitrogens with zero attached hydrogens (tertiary/aromatic N) is 1. The summed E-state index contributed by atoms with van der Waals surface area (Å²) in [7, 11) is -4.03. The average molecular weight is 427 g/mol. The van der Waals surface area contributed by atoms with Gasteiger partial charge in [0.2, 0.25) is 10.0 Å². The van der Waals surface area contributed by atoms with Gasteiger partial charge in [0.25, 0.3) is 5.91 Å². The minimum atomic E-state index is -4.03. The number of rotatable bonds is 7. The van der Waals surface area contributed by atoms with Gasteiger partial charge in [0, 0.05) is 29.9 Å². The molecule has 3 rings (SSSR count). The maximum absolute atomic E-state index is 14.3. The van der Waals surface area contributed by atoms with Gasteiger partial charge < -0.3 is 5.32 Å². The Bertz CT molecular complexity index is 1140. The summed E-state index contributed by atoms with van der Waals surface area (Å²) >= 11 is 0. The molecule has 5 nitrogen and oxygen atoms in total. The van der Waals surface area contributed by atoms with Crippen molar-refractivity contribution < 1.29 is 17.6 Å². The Hall–Kier alpha value is -3.03. The highest BCUT2D eigenvalue weighted by Gasteiger charge is 2.26. The van der Waals surface area contributed by atoms with Crippen LogP contribution in [0.15, 0.2) is 77.7 Å². The van der Waals surface area contributed by atoms with Crippen molar-refractivity contribution in [2.75, 3.05) is 18.4 Å². The topological polar surface area (TPSA) is 66.5 Å². The summed E-state index contributed by atoms with van der Waals surface area (Å²) in [5.74, 6) is -1.41. The van der Waals surface area contributed by atoms with Crippen LogP contribution in [0, 0.1) is 5.82 Å². The molecule has 0 aliphatic carbocycles. The number of anilines is 1. The molecular formula is C23H23FN2O3S. The number of sulfonamides is 1. The summed E-state index contributed by atoms with van der Waals surface area (Å²) in [5.41, 5.74) is 2.39. The lowest BCUT2D eigenvalue weighted by Gasteiger charge is -2.19. The predicted molar refractivity (Wildman–Crippen MR) is 116 cm³/mol. The van der Waals surface area contributed by atoms with Gasteiger partial charge in [-0.2, -0.15) is 4.31 Å². The molecule has 0 bridgehead atoms. The molecule has 0 spiro atoms. The van der Waals surface area contributed by atoms with Crippen LogP contribution in [0.1, 0.15) is 24.2 Å². The van der Waals surface area contributed by atoms with Crippen LogP contribution in [0.3, 0.4) is 0 Å². The molecular weight excluding hydrogens is 403 g/mol. The summed E-state index contributed by atoms with van der Waals surface area (Å²) in [4.78, 5) is 12.4. The SMILES string of the molecule is CCN(CC)S(=O)(=O)c1cc(C(=O)Nc2ccccc2-c2ccccc2)ccc1F. The van der Waals surface area contributed by atoms with E-state index >= 15 is 0 Å². The number of halogens is 1. The van der Waals surface area contributed by atoms with Gasteiger partial charge in [0.15, 0.2) is 0 Å². The fourth-order valence-electron chi connectivity index (χ4n) is 3.20. The number of hydrogen-bond acceptors (Lipinski definition) is 3. The first-order chi connectivity index (χ1) is 14.4. The fourth-order valence-corrected chi connectivity index (χ4v) is 4.75. The first-order valence-electron chi connectivity index (χ1n) is 9.64. The number of nitrogens with one attached hydrogen (secondary N) is 1. The second-order valence-electron chi connectivity index (χ2n) is 6.60. The van der Waals surface area contributed by atoms with Crippen LogP contribution in [-0.4, -0.2) is 31.7 Å². The van der Waals surface area contributed by atoms with Crippen molar-refractivity contribution in [2.45, 2.75) is 18.7 Å². The van der Waals surface area contributed by atoms with Crippen molar-refractivity contribution in [1.82, 2.24) is 4.31 Å². The molecule has 3 aromatic carbocycles. The second-order valence-corrected chi connectivity index (χ2v) is 8.51. The standard InChI is InChI=1S/C23H23FN2O3S/c1-3-26(4-2)30(28,29)22-16-18(14-15-20(22)24)23(27)25-21-13-9-8-12-19(21)17-10-6-5-7-11-17/h5-16H,3-4H2,1-2H3,(H,25,27). The zero-order valence-corrected chi connectivity index (χ0v) is 17.6. The third-order valence-electron chi connectivity index (χ3n) is 4.78. The molecule has 7 heteroatoms. The van der Waals surface area contributed by atoms with Crippen molar-refractivity contribution >= 4 is 21.6 Å². The molecule has 156 valence electrons. The van der Waals surface area contributed by atoms with Gasteiger partial charge in [0.1, 0.15) is 10.7 Å². The monoisotopic (exact) mass is 426 g/mol. The highest BCUT2D eigenvalue weighted by Crippen LogP contribution is 2.28. The minimum absolute atomic E-state index is 0.0602. The van der Waals surface area contributed by atoms with E-state index in [-0.39, 0.29) is 18.7 Å². The van der Waals surface area contributed by atoms with Gasteiger partial charge in [-0.15, -0.1) is 0 Å². The molecule has 1 N–H and O–H groups in total. The molecule has 0 atom stereocenters. The van der Waals surface area contributed by atoms with Crippen LogP contribution in [0.2, 0.25) is 0 Å². The summed E-state index contributed by atoms with van der Waals surface area (Å²) in [6.07, 6.45) is 0. The van der Waals surface area contributed by atoms with E-state index in [1.165, 1.54) is 6.07 Å². The van der Waals surface area contributed by atoms with Gasteiger partial charge in [-0.3, -0.25) is 4.79 Å². The van der Waals surface area contributed by atoms with Crippen molar-refractivity contribution in [1.29, 1.82) is 0 Å². The zero-order chi connectivity index (χ0) is 21.7. The van der Waals surface area contributed by atoms with E-state index in [0.29, 0.717) is 5.69 Å². The average Bonchev–Trinajstić information content (AvgIpc) is 2.75. The highest BCUT2D eigenvalue weighted by atomic mass is 32.2. The Labute approximate surface area is 176 Å². The highest BCUT2D eigenvalue weighted by molar-refractivity contribution is 7.89. The van der Waals surface area contributed by atoms with Crippen LogP contribution in [-0.2, 0) is 10.0 Å². The largest absolute Gasteiger partial charge is 0.321 e. The third kappa shape index (κ3) is 4.42. The number of carbonyl (C=O) groups excluding carboxylic acids is 1. The smallest absolute Gasteiger partial charge is 0.255 e. The third-order valence-corrected chi connectivity index (χ3v) is 6.84. The van der Waals surface area contributed by atoms with Gasteiger partial charge in [-0.05, 0) is 29.8 Å². The quantitative estimate of drug-likeness (QED) is 0.592. The molecule has 0 saturated carbocycles. The molecule has 0 radical (unpaired) electrons. The van der Waals surface area contributed by atoms with Gasteiger partial charge in [-0.1, -0.05) is 62.4 Å². The fraction of sp³-hybridized carbons (Fsp3) is 0.174. The summed E-state index contributed by atoms with van der Waals surface area (Å²) in [6, 6.07) is 20.2. The van der Waals surface area contributed by atoms with Crippen molar-refractivity contribution in [3.8, 4) is 11.1 Å². The first kappa shape index (κ1) is 21.7. The number of para-hydroxylation sites is 1. The summed E-state index contributed by atoms with van der Waals surface area (Å²) in [5, 5.41) is 2.81. The number of amides is 1. The minimum Gasteiger partial charge on any atom is -0.321 e. The Morgan fingerprint density at radius 2 is 1.57 bits per heavy atom. The molecule has 30 heavy (non-hydrogen) atoms. The van der Waals surface area contributed by atoms with E-state index in [1.807, 2.05) is 42.5 Å². The number of hydrogen-bond donors (Lipinski definition) is 1. The lowest BCUT2D eigenvalue weighted by Crippen LogP contribution is -2.31. The maximum atomic E-state index is 14.3. The molecule has 0 aliphatic rings. The van der Waals surface area contributed by atoms with Gasteiger partial charge in [-0.25, -0.2) is 12.8 Å². The van der Waals surface area contributed by atoms with E-state index in [2.05, 4.69) is 5.32 Å². The number of carbonyl (C=O) groups is 1. The van der Waals surface area contributed by atoms with Crippen molar-refractivity contribution in [3.63, 3.8) is 0 Å². The Kier molecular flexibility index (Phi) is 6.64. The van der Waals surface area contributed by atoms with E-state index in [1.54, 1.807) is 26.0 Å². The van der Waals surface area contributed by atoms with E-state index in [9.17, 15) is 17.6 Å². The summed E-state index contributed by atoms with van der Waals surface area (Å²) in [6.45, 7) is 3.77. The summed E-state index contributed by atoms with van der Waals surface area (Å²) < 4.78 is 41.0. The Morgan fingerprint density at radius 3 is 2.23 bits per heavy atom. The van der Waals surface area contributed by atoms with Crippen molar-refractivity contribution in [2.24, 2.45) is 0 Å². The van der Waals surface area contributed by atoms with E-state index < -0.39 is 26.6 Å². The van der Waals surface area contributed by atoms with Crippen molar-refractivity contribution in [3.05, 3.63) is 84.2 Å². The normalized spacial score (nSPS) is 11.5. The Balaban J connectivity index is 1.95. The van der Waals surface area contributed by atoms with Crippen LogP contribution >= 0.6 is 0 Å². The number of benzene rings is 3. The van der Waals surface area contributed by atoms with Crippen LogP contribution < -0.4 is 5.32 Å². The molecule has 0 heterocycles.